The lowest BCUT2D eigenvalue weighted by molar-refractivity contribution is -0.147. The van der Waals surface area contributed by atoms with Gasteiger partial charge >= 0.3 is 11.9 Å². The zero-order valence-electron chi connectivity index (χ0n) is 14.7. The van der Waals surface area contributed by atoms with Gasteiger partial charge in [-0.1, -0.05) is 0 Å². The molecule has 26 heavy (non-hydrogen) atoms. The molecule has 0 aliphatic carbocycles. The summed E-state index contributed by atoms with van der Waals surface area (Å²) in [6.07, 6.45) is 1.57. The first kappa shape index (κ1) is 19.2. The molecule has 0 spiro atoms. The number of rotatable bonds is 7. The summed E-state index contributed by atoms with van der Waals surface area (Å²) in [5.41, 5.74) is 1.38. The number of hydrogen-bond donors (Lipinski definition) is 1. The lowest BCUT2D eigenvalue weighted by Gasteiger charge is -2.15. The van der Waals surface area contributed by atoms with Crippen LogP contribution in [0.3, 0.4) is 0 Å². The Labute approximate surface area is 150 Å². The predicted octanol–water partition coefficient (Wildman–Crippen LogP) is 2.48. The van der Waals surface area contributed by atoms with Crippen molar-refractivity contribution in [3.63, 3.8) is 0 Å². The molecule has 0 aliphatic rings. The second kappa shape index (κ2) is 8.80. The van der Waals surface area contributed by atoms with Gasteiger partial charge < -0.3 is 19.5 Å². The number of methoxy groups -OCH3 is 1. The van der Waals surface area contributed by atoms with E-state index in [0.717, 1.165) is 0 Å². The molecule has 138 valence electrons. The highest BCUT2D eigenvalue weighted by Crippen LogP contribution is 2.22. The van der Waals surface area contributed by atoms with Gasteiger partial charge in [-0.05, 0) is 36.8 Å². The number of aromatic nitrogens is 1. The number of esters is 2. The Morgan fingerprint density at radius 1 is 1.23 bits per heavy atom. The molecule has 0 amide bonds. The van der Waals surface area contributed by atoms with Gasteiger partial charge in [0.05, 0.1) is 7.11 Å². The lowest BCUT2D eigenvalue weighted by atomic mass is 10.0. The Morgan fingerprint density at radius 3 is 2.54 bits per heavy atom. The Hall–Kier alpha value is -3.16. The monoisotopic (exact) mass is 362 g/mol. The largest absolute Gasteiger partial charge is 0.482 e. The van der Waals surface area contributed by atoms with E-state index in [2.05, 4.69) is 10.3 Å². The highest BCUT2D eigenvalue weighted by atomic mass is 19.1. The zero-order valence-corrected chi connectivity index (χ0v) is 14.7. The molecular formula is C18H19FN2O5. The number of halogens is 1. The van der Waals surface area contributed by atoms with E-state index in [4.69, 9.17) is 14.2 Å². The molecule has 0 atom stereocenters. The van der Waals surface area contributed by atoms with Crippen molar-refractivity contribution in [2.24, 2.45) is 0 Å². The standard InChI is InChI=1S/C18H19FN2O5/c1-11-8-21-17(20-2)16(18(23)24-3)14(11)9-26-15(22)10-25-13-6-4-12(19)5-7-13/h4-8H,9-10H2,1-3H3,(H,20,21). The van der Waals surface area contributed by atoms with Crippen molar-refractivity contribution in [3.8, 4) is 5.75 Å². The van der Waals surface area contributed by atoms with Crippen LogP contribution in [0.15, 0.2) is 30.5 Å². The van der Waals surface area contributed by atoms with E-state index < -0.39 is 17.8 Å². The number of aryl methyl sites for hydroxylation is 1. The molecule has 7 nitrogen and oxygen atoms in total. The zero-order chi connectivity index (χ0) is 19.1. The summed E-state index contributed by atoms with van der Waals surface area (Å²) in [6.45, 7) is 1.26. The van der Waals surface area contributed by atoms with Gasteiger partial charge in [0.2, 0.25) is 0 Å². The Morgan fingerprint density at radius 2 is 1.92 bits per heavy atom. The van der Waals surface area contributed by atoms with Crippen molar-refractivity contribution < 1.29 is 28.2 Å². The van der Waals surface area contributed by atoms with Gasteiger partial charge in [-0.2, -0.15) is 0 Å². The Kier molecular flexibility index (Phi) is 6.48. The van der Waals surface area contributed by atoms with Crippen molar-refractivity contribution in [3.05, 3.63) is 53.0 Å². The van der Waals surface area contributed by atoms with Crippen LogP contribution in [0.2, 0.25) is 0 Å². The van der Waals surface area contributed by atoms with Crippen LogP contribution in [-0.4, -0.2) is 37.7 Å². The van der Waals surface area contributed by atoms with Crippen molar-refractivity contribution >= 4 is 17.8 Å². The van der Waals surface area contributed by atoms with Crippen LogP contribution in [0.25, 0.3) is 0 Å². The minimum atomic E-state index is -0.632. The minimum absolute atomic E-state index is 0.140. The van der Waals surface area contributed by atoms with Crippen LogP contribution in [0.1, 0.15) is 21.5 Å². The smallest absolute Gasteiger partial charge is 0.344 e. The fourth-order valence-corrected chi connectivity index (χ4v) is 2.21. The Bertz CT molecular complexity index is 793. The normalized spacial score (nSPS) is 10.2. The molecule has 0 saturated heterocycles. The number of nitrogens with zero attached hydrogens (tertiary/aromatic N) is 1. The number of hydrogen-bond acceptors (Lipinski definition) is 7. The first-order valence-corrected chi connectivity index (χ1v) is 7.74. The summed E-state index contributed by atoms with van der Waals surface area (Å²) in [5, 5.41) is 2.81. The molecule has 1 aromatic carbocycles. The molecule has 1 aromatic heterocycles. The third-order valence-corrected chi connectivity index (χ3v) is 3.58. The highest BCUT2D eigenvalue weighted by Gasteiger charge is 2.21. The van der Waals surface area contributed by atoms with Crippen molar-refractivity contribution in [2.75, 3.05) is 26.1 Å². The van der Waals surface area contributed by atoms with Gasteiger partial charge in [-0.25, -0.2) is 19.0 Å². The maximum Gasteiger partial charge on any atom is 0.344 e. The van der Waals surface area contributed by atoms with E-state index in [9.17, 15) is 14.0 Å². The second-order valence-electron chi connectivity index (χ2n) is 5.29. The molecule has 2 rings (SSSR count). The summed E-state index contributed by atoms with van der Waals surface area (Å²) in [5.74, 6) is -0.942. The molecular weight excluding hydrogens is 343 g/mol. The predicted molar refractivity (Wildman–Crippen MR) is 91.6 cm³/mol. The maximum absolute atomic E-state index is 12.8. The summed E-state index contributed by atoms with van der Waals surface area (Å²) < 4.78 is 28.0. The highest BCUT2D eigenvalue weighted by molar-refractivity contribution is 5.96. The average Bonchev–Trinajstić information content (AvgIpc) is 2.65. The molecule has 0 saturated carbocycles. The number of pyridine rings is 1. The van der Waals surface area contributed by atoms with Gasteiger partial charge in [-0.15, -0.1) is 0 Å². The van der Waals surface area contributed by atoms with Crippen LogP contribution in [0.4, 0.5) is 10.2 Å². The Balaban J connectivity index is 2.05. The number of benzene rings is 1. The SMILES string of the molecule is CNc1ncc(C)c(COC(=O)COc2ccc(F)cc2)c1C(=O)OC. The molecule has 2 aromatic rings. The van der Waals surface area contributed by atoms with Crippen LogP contribution >= 0.6 is 0 Å². The molecule has 1 heterocycles. The van der Waals surface area contributed by atoms with E-state index >= 15 is 0 Å². The van der Waals surface area contributed by atoms with Crippen molar-refractivity contribution in [2.45, 2.75) is 13.5 Å². The number of ether oxygens (including phenoxy) is 3. The molecule has 0 aliphatic heterocycles. The minimum Gasteiger partial charge on any atom is -0.482 e. The molecule has 1 N–H and O–H groups in total. The van der Waals surface area contributed by atoms with Crippen molar-refractivity contribution in [1.82, 2.24) is 4.98 Å². The van der Waals surface area contributed by atoms with Crippen LogP contribution in [0, 0.1) is 12.7 Å². The first-order valence-electron chi connectivity index (χ1n) is 7.74. The first-order chi connectivity index (χ1) is 12.5. The van der Waals surface area contributed by atoms with Crippen molar-refractivity contribution in [1.29, 1.82) is 0 Å². The van der Waals surface area contributed by atoms with Crippen LogP contribution < -0.4 is 10.1 Å². The topological polar surface area (TPSA) is 86.8 Å². The molecule has 0 radical (unpaired) electrons. The summed E-state index contributed by atoms with van der Waals surface area (Å²) >= 11 is 0. The number of anilines is 1. The quantitative estimate of drug-likeness (QED) is 0.757. The van der Waals surface area contributed by atoms with E-state index in [1.54, 1.807) is 20.2 Å². The van der Waals surface area contributed by atoms with Crippen LogP contribution in [0.5, 0.6) is 5.75 Å². The van der Waals surface area contributed by atoms with Gasteiger partial charge in [0, 0.05) is 18.8 Å². The third-order valence-electron chi connectivity index (χ3n) is 3.58. The van der Waals surface area contributed by atoms with Gasteiger partial charge in [-0.3, -0.25) is 0 Å². The fourth-order valence-electron chi connectivity index (χ4n) is 2.21. The molecule has 8 heteroatoms. The van der Waals surface area contributed by atoms with Gasteiger partial charge in [0.25, 0.3) is 0 Å². The number of nitrogens with one attached hydrogen (secondary N) is 1. The van der Waals surface area contributed by atoms with E-state index in [1.165, 1.54) is 31.4 Å². The lowest BCUT2D eigenvalue weighted by Crippen LogP contribution is -2.18. The molecule has 0 bridgehead atoms. The second-order valence-corrected chi connectivity index (χ2v) is 5.29. The van der Waals surface area contributed by atoms with E-state index in [1.807, 2.05) is 0 Å². The van der Waals surface area contributed by atoms with E-state index in [0.29, 0.717) is 22.7 Å². The third kappa shape index (κ3) is 4.69. The summed E-state index contributed by atoms with van der Waals surface area (Å²) in [7, 11) is 2.88. The van der Waals surface area contributed by atoms with Gasteiger partial charge in [0.15, 0.2) is 6.61 Å². The average molecular weight is 362 g/mol. The fraction of sp³-hybridized carbons (Fsp3) is 0.278. The number of carbonyl (C=O) groups is 2. The van der Waals surface area contributed by atoms with E-state index in [-0.39, 0.29) is 18.8 Å². The molecule has 0 fully saturated rings. The summed E-state index contributed by atoms with van der Waals surface area (Å²) in [4.78, 5) is 28.1. The van der Waals surface area contributed by atoms with Crippen LogP contribution in [-0.2, 0) is 20.9 Å². The van der Waals surface area contributed by atoms with Gasteiger partial charge in [0.1, 0.15) is 29.6 Å². The maximum atomic E-state index is 12.8. The number of carbonyl (C=O) groups excluding carboxylic acids is 2. The molecule has 0 unspecified atom stereocenters. The summed E-state index contributed by atoms with van der Waals surface area (Å²) in [6, 6.07) is 5.26.